The van der Waals surface area contributed by atoms with Crippen molar-refractivity contribution in [2.24, 2.45) is 5.16 Å². The summed E-state index contributed by atoms with van der Waals surface area (Å²) in [5, 5.41) is 4.91. The molecular weight excluding hydrogens is 344 g/mol. The molecule has 0 spiro atoms. The molecule has 1 heterocycles. The molecule has 0 N–H and O–H groups in total. The van der Waals surface area contributed by atoms with Crippen molar-refractivity contribution < 1.29 is 4.84 Å². The van der Waals surface area contributed by atoms with E-state index in [2.05, 4.69) is 41.4 Å². The molecule has 1 aromatic heterocycles. The maximum atomic E-state index is 6.49. The molecule has 4 heteroatoms. The van der Waals surface area contributed by atoms with E-state index >= 15 is 0 Å². The highest BCUT2D eigenvalue weighted by Crippen LogP contribution is 2.32. The Balaban J connectivity index is 2.20. The molecule has 26 heavy (non-hydrogen) atoms. The van der Waals surface area contributed by atoms with Gasteiger partial charge < -0.3 is 9.40 Å². The van der Waals surface area contributed by atoms with Gasteiger partial charge in [0.1, 0.15) is 6.61 Å². The number of rotatable bonds is 6. The number of hydrogen-bond donors (Lipinski definition) is 0. The van der Waals surface area contributed by atoms with Gasteiger partial charge in [-0.05, 0) is 37.6 Å². The van der Waals surface area contributed by atoms with E-state index in [4.69, 9.17) is 16.4 Å². The van der Waals surface area contributed by atoms with Crippen LogP contribution in [0.1, 0.15) is 18.2 Å². The predicted octanol–water partition coefficient (Wildman–Crippen LogP) is 6.03. The fraction of sp³-hybridized carbons (Fsp3) is 0.136. The molecule has 0 aliphatic heterocycles. The van der Waals surface area contributed by atoms with Crippen molar-refractivity contribution in [1.29, 1.82) is 0 Å². The maximum absolute atomic E-state index is 6.49. The molecule has 0 saturated heterocycles. The monoisotopic (exact) mass is 364 g/mol. The van der Waals surface area contributed by atoms with Crippen LogP contribution in [0.2, 0.25) is 5.02 Å². The zero-order chi connectivity index (χ0) is 18.5. The number of aromatic nitrogens is 1. The van der Waals surface area contributed by atoms with Gasteiger partial charge in [-0.1, -0.05) is 71.9 Å². The lowest BCUT2D eigenvalue weighted by Crippen LogP contribution is -2.03. The lowest BCUT2D eigenvalue weighted by Gasteiger charge is -2.14. The van der Waals surface area contributed by atoms with Crippen LogP contribution in [0.5, 0.6) is 0 Å². The van der Waals surface area contributed by atoms with Crippen LogP contribution in [0.15, 0.2) is 78.5 Å². The van der Waals surface area contributed by atoms with E-state index in [0.717, 1.165) is 33.9 Å². The summed E-state index contributed by atoms with van der Waals surface area (Å²) in [4.78, 5) is 5.27. The number of benzene rings is 2. The van der Waals surface area contributed by atoms with Crippen molar-refractivity contribution >= 4 is 17.3 Å². The van der Waals surface area contributed by atoms with Gasteiger partial charge in [0, 0.05) is 11.3 Å². The van der Waals surface area contributed by atoms with E-state index in [1.165, 1.54) is 0 Å². The second-order valence-corrected chi connectivity index (χ2v) is 6.35. The minimum Gasteiger partial charge on any atom is -0.391 e. The smallest absolute Gasteiger partial charge is 0.135 e. The Kier molecular flexibility index (Phi) is 5.59. The molecule has 0 aliphatic rings. The van der Waals surface area contributed by atoms with E-state index in [0.29, 0.717) is 11.6 Å². The van der Waals surface area contributed by atoms with Crippen molar-refractivity contribution in [2.75, 3.05) is 6.61 Å². The molecule has 0 atom stereocenters. The van der Waals surface area contributed by atoms with E-state index < -0.39 is 0 Å². The lowest BCUT2D eigenvalue weighted by molar-refractivity contribution is 0.175. The van der Waals surface area contributed by atoms with E-state index in [1.807, 2.05) is 49.4 Å². The Bertz CT molecular complexity index is 942. The van der Waals surface area contributed by atoms with Gasteiger partial charge in [0.15, 0.2) is 0 Å². The van der Waals surface area contributed by atoms with Crippen molar-refractivity contribution in [3.63, 3.8) is 0 Å². The Morgan fingerprint density at radius 2 is 1.85 bits per heavy atom. The van der Waals surface area contributed by atoms with Gasteiger partial charge in [0.05, 0.1) is 22.1 Å². The highest BCUT2D eigenvalue weighted by atomic mass is 35.5. The van der Waals surface area contributed by atoms with E-state index in [9.17, 15) is 0 Å². The number of nitrogens with zero attached hydrogens (tertiary/aromatic N) is 2. The molecule has 0 radical (unpaired) electrons. The van der Waals surface area contributed by atoms with Crippen LogP contribution in [0.3, 0.4) is 0 Å². The van der Waals surface area contributed by atoms with Gasteiger partial charge in [0.2, 0.25) is 0 Å². The third-order valence-electron chi connectivity index (χ3n) is 4.19. The van der Waals surface area contributed by atoms with Gasteiger partial charge in [-0.3, -0.25) is 0 Å². The van der Waals surface area contributed by atoms with Gasteiger partial charge in [0.25, 0.3) is 0 Å². The zero-order valence-electron chi connectivity index (χ0n) is 14.9. The Hall–Kier alpha value is -2.78. The van der Waals surface area contributed by atoms with Crippen molar-refractivity contribution in [3.8, 4) is 16.9 Å². The van der Waals surface area contributed by atoms with Gasteiger partial charge in [-0.2, -0.15) is 0 Å². The molecule has 0 aliphatic carbocycles. The minimum absolute atomic E-state index is 0.382. The Morgan fingerprint density at radius 1 is 1.15 bits per heavy atom. The molecule has 0 saturated carbocycles. The second kappa shape index (κ2) is 8.07. The maximum Gasteiger partial charge on any atom is 0.135 e. The third kappa shape index (κ3) is 3.58. The summed E-state index contributed by atoms with van der Waals surface area (Å²) >= 11 is 6.49. The second-order valence-electron chi connectivity index (χ2n) is 5.94. The summed E-state index contributed by atoms with van der Waals surface area (Å²) in [5.74, 6) is 0. The van der Waals surface area contributed by atoms with Crippen LogP contribution in [0, 0.1) is 6.92 Å². The summed E-state index contributed by atoms with van der Waals surface area (Å²) in [6.45, 7) is 8.03. The van der Waals surface area contributed by atoms with Crippen molar-refractivity contribution in [2.45, 2.75) is 13.8 Å². The lowest BCUT2D eigenvalue weighted by atomic mass is 10.1. The summed E-state index contributed by atoms with van der Waals surface area (Å²) in [6.07, 6.45) is 1.67. The predicted molar refractivity (Wildman–Crippen MR) is 109 cm³/mol. The zero-order valence-corrected chi connectivity index (χ0v) is 15.7. The average Bonchev–Trinajstić information content (AvgIpc) is 3.00. The third-order valence-corrected chi connectivity index (χ3v) is 4.51. The summed E-state index contributed by atoms with van der Waals surface area (Å²) < 4.78 is 2.17. The van der Waals surface area contributed by atoms with Crippen molar-refractivity contribution in [1.82, 2.24) is 4.57 Å². The average molecular weight is 365 g/mol. The van der Waals surface area contributed by atoms with E-state index in [1.54, 1.807) is 6.08 Å². The number of para-hydroxylation sites is 1. The first-order valence-electron chi connectivity index (χ1n) is 8.44. The fourth-order valence-electron chi connectivity index (χ4n) is 2.97. The Labute approximate surface area is 159 Å². The fourth-order valence-corrected chi connectivity index (χ4v) is 3.19. The molecule has 0 fully saturated rings. The van der Waals surface area contributed by atoms with Gasteiger partial charge in [-0.25, -0.2) is 0 Å². The summed E-state index contributed by atoms with van der Waals surface area (Å²) in [6, 6.07) is 20.2. The number of hydrogen-bond acceptors (Lipinski definition) is 2. The molecule has 0 unspecified atom stereocenters. The van der Waals surface area contributed by atoms with Crippen molar-refractivity contribution in [3.05, 3.63) is 89.6 Å². The van der Waals surface area contributed by atoms with Crippen LogP contribution in [-0.4, -0.2) is 16.9 Å². The minimum atomic E-state index is 0.382. The first-order chi connectivity index (χ1) is 12.6. The quantitative estimate of drug-likeness (QED) is 0.227. The van der Waals surface area contributed by atoms with Gasteiger partial charge >= 0.3 is 0 Å². The SMILES string of the molecule is C=CCO/N=C(\C)c1cc(-c2ccccc2)n(-c2ccccc2Cl)c1C. The number of halogens is 1. The number of oxime groups is 1. The first kappa shape index (κ1) is 18.0. The Morgan fingerprint density at radius 3 is 2.54 bits per heavy atom. The molecule has 2 aromatic carbocycles. The highest BCUT2D eigenvalue weighted by molar-refractivity contribution is 6.32. The van der Waals surface area contributed by atoms with Crippen LogP contribution in [0.25, 0.3) is 16.9 Å². The molecule has 3 rings (SSSR count). The summed E-state index contributed by atoms with van der Waals surface area (Å²) in [7, 11) is 0. The molecule has 0 amide bonds. The van der Waals surface area contributed by atoms with Crippen LogP contribution in [-0.2, 0) is 4.84 Å². The topological polar surface area (TPSA) is 26.5 Å². The first-order valence-corrected chi connectivity index (χ1v) is 8.81. The molecule has 3 nitrogen and oxygen atoms in total. The normalized spacial score (nSPS) is 11.4. The molecule has 0 bridgehead atoms. The summed E-state index contributed by atoms with van der Waals surface area (Å²) in [5.41, 5.74) is 6.00. The van der Waals surface area contributed by atoms with Gasteiger partial charge in [-0.15, -0.1) is 0 Å². The van der Waals surface area contributed by atoms with Crippen LogP contribution < -0.4 is 0 Å². The largest absolute Gasteiger partial charge is 0.391 e. The van der Waals surface area contributed by atoms with E-state index in [-0.39, 0.29) is 0 Å². The standard InChI is InChI=1S/C22H21ClN2O/c1-4-14-26-24-16(2)19-15-22(18-10-6-5-7-11-18)25(17(19)3)21-13-9-8-12-20(21)23/h4-13,15H,1,14H2,2-3H3/b24-16+. The molecule has 132 valence electrons. The highest BCUT2D eigenvalue weighted by Gasteiger charge is 2.18. The van der Waals surface area contributed by atoms with Crippen LogP contribution >= 0.6 is 11.6 Å². The van der Waals surface area contributed by atoms with Crippen LogP contribution in [0.4, 0.5) is 0 Å². The molecule has 3 aromatic rings. The molecular formula is C22H21ClN2O.